The van der Waals surface area contributed by atoms with Crippen molar-refractivity contribution in [2.75, 3.05) is 0 Å². The molecule has 0 aliphatic carbocycles. The van der Waals surface area contributed by atoms with Gasteiger partial charge < -0.3 is 0 Å². The molecule has 0 radical (unpaired) electrons. The predicted molar refractivity (Wildman–Crippen MR) is 125 cm³/mol. The molecule has 2 aromatic heterocycles. The number of aromatic nitrogens is 2. The van der Waals surface area contributed by atoms with Gasteiger partial charge in [-0.15, -0.1) is 0 Å². The quantitative estimate of drug-likeness (QED) is 0.224. The topological polar surface area (TPSA) is 7.76 Å². The standard InChI is InChI=1S/C14H24N.C13H22N/c1-2-3-4-5-6-7-9-12-15-13-10-8-11-14-15;1-2-3-4-5-6-8-11-14-12-9-7-10-13-14/h8,10-11,13-14H,2-7,9,12H2,1H3;7,9-10,12-13H,2-6,8,11H2,1H3/q2*+1. The van der Waals surface area contributed by atoms with E-state index in [1.807, 2.05) is 0 Å². The van der Waals surface area contributed by atoms with E-state index in [1.54, 1.807) is 0 Å². The summed E-state index contributed by atoms with van der Waals surface area (Å²) in [6, 6.07) is 12.5. The Morgan fingerprint density at radius 2 is 0.690 bits per heavy atom. The molecule has 2 heterocycles. The maximum Gasteiger partial charge on any atom is 0.168 e. The molecule has 2 aromatic rings. The van der Waals surface area contributed by atoms with Gasteiger partial charge >= 0.3 is 0 Å². The van der Waals surface area contributed by atoms with Gasteiger partial charge in [0.1, 0.15) is 13.1 Å². The van der Waals surface area contributed by atoms with Crippen LogP contribution in [0.3, 0.4) is 0 Å². The van der Waals surface area contributed by atoms with Crippen LogP contribution < -0.4 is 9.13 Å². The Bertz CT molecular complexity index is 553. The molecule has 0 bridgehead atoms. The first-order valence-electron chi connectivity index (χ1n) is 12.2. The van der Waals surface area contributed by atoms with Crippen LogP contribution in [0.1, 0.15) is 97.3 Å². The van der Waals surface area contributed by atoms with E-state index in [9.17, 15) is 0 Å². The average molecular weight is 399 g/mol. The molecule has 0 fully saturated rings. The highest BCUT2D eigenvalue weighted by atomic mass is 14.9. The fraction of sp³-hybridized carbons (Fsp3) is 0.630. The number of nitrogens with zero attached hydrogens (tertiary/aromatic N) is 2. The largest absolute Gasteiger partial charge is 0.205 e. The third-order valence-corrected chi connectivity index (χ3v) is 5.34. The van der Waals surface area contributed by atoms with Crippen molar-refractivity contribution < 1.29 is 9.13 Å². The number of hydrogen-bond acceptors (Lipinski definition) is 0. The molecule has 29 heavy (non-hydrogen) atoms. The van der Waals surface area contributed by atoms with Crippen molar-refractivity contribution in [1.82, 2.24) is 0 Å². The SMILES string of the molecule is CCCCCCCCC[n+]1ccccc1.CCCCCCCC[n+]1ccccc1. The van der Waals surface area contributed by atoms with E-state index >= 15 is 0 Å². The molecule has 0 saturated heterocycles. The number of rotatable bonds is 15. The van der Waals surface area contributed by atoms with Gasteiger partial charge in [0, 0.05) is 37.1 Å². The average Bonchev–Trinajstić information content (AvgIpc) is 2.77. The lowest BCUT2D eigenvalue weighted by molar-refractivity contribution is -0.697. The highest BCUT2D eigenvalue weighted by molar-refractivity contribution is 4.84. The molecular formula is C27H46N2+2. The number of unbranched alkanes of at least 4 members (excludes halogenated alkanes) is 11. The van der Waals surface area contributed by atoms with Crippen molar-refractivity contribution in [1.29, 1.82) is 0 Å². The van der Waals surface area contributed by atoms with E-state index in [1.165, 1.54) is 96.6 Å². The summed E-state index contributed by atoms with van der Waals surface area (Å²) < 4.78 is 4.53. The molecule has 0 aliphatic rings. The van der Waals surface area contributed by atoms with E-state index in [2.05, 4.69) is 84.2 Å². The van der Waals surface area contributed by atoms with Gasteiger partial charge in [0.2, 0.25) is 0 Å². The van der Waals surface area contributed by atoms with Gasteiger partial charge in [0.25, 0.3) is 0 Å². The van der Waals surface area contributed by atoms with Crippen molar-refractivity contribution in [2.45, 2.75) is 110 Å². The molecule has 0 saturated carbocycles. The molecule has 2 heteroatoms. The summed E-state index contributed by atoms with van der Waals surface area (Å²) in [6.07, 6.45) is 26.6. The van der Waals surface area contributed by atoms with Gasteiger partial charge in [-0.3, -0.25) is 0 Å². The third kappa shape index (κ3) is 15.9. The van der Waals surface area contributed by atoms with Crippen molar-refractivity contribution in [3.05, 3.63) is 61.2 Å². The molecule has 0 atom stereocenters. The Morgan fingerprint density at radius 1 is 0.379 bits per heavy atom. The van der Waals surface area contributed by atoms with Crippen LogP contribution in [0.2, 0.25) is 0 Å². The number of aryl methyl sites for hydroxylation is 2. The zero-order chi connectivity index (χ0) is 20.8. The molecular weight excluding hydrogens is 352 g/mol. The van der Waals surface area contributed by atoms with Gasteiger partial charge in [-0.25, -0.2) is 9.13 Å². The highest BCUT2D eigenvalue weighted by Gasteiger charge is 1.98. The van der Waals surface area contributed by atoms with Crippen LogP contribution >= 0.6 is 0 Å². The summed E-state index contributed by atoms with van der Waals surface area (Å²) in [5.74, 6) is 0. The van der Waals surface area contributed by atoms with E-state index < -0.39 is 0 Å². The van der Waals surface area contributed by atoms with Gasteiger partial charge in [0.05, 0.1) is 0 Å². The normalized spacial score (nSPS) is 10.4. The fourth-order valence-electron chi connectivity index (χ4n) is 3.49. The van der Waals surface area contributed by atoms with E-state index in [-0.39, 0.29) is 0 Å². The van der Waals surface area contributed by atoms with Crippen LogP contribution in [0.4, 0.5) is 0 Å². The Labute approximate surface area is 181 Å². The lowest BCUT2D eigenvalue weighted by Crippen LogP contribution is -2.32. The Balaban J connectivity index is 0.000000291. The van der Waals surface area contributed by atoms with Crippen LogP contribution in [0.15, 0.2) is 61.2 Å². The second kappa shape index (κ2) is 19.6. The summed E-state index contributed by atoms with van der Waals surface area (Å²) in [7, 11) is 0. The van der Waals surface area contributed by atoms with Crippen LogP contribution in [0, 0.1) is 0 Å². The molecule has 0 N–H and O–H groups in total. The lowest BCUT2D eigenvalue weighted by Gasteiger charge is -1.99. The molecule has 2 nitrogen and oxygen atoms in total. The monoisotopic (exact) mass is 398 g/mol. The van der Waals surface area contributed by atoms with Crippen LogP contribution in [0.25, 0.3) is 0 Å². The highest BCUT2D eigenvalue weighted by Crippen LogP contribution is 2.06. The molecule has 0 amide bonds. The van der Waals surface area contributed by atoms with Gasteiger partial charge in [-0.05, 0) is 12.8 Å². The fourth-order valence-corrected chi connectivity index (χ4v) is 3.49. The molecule has 2 rings (SSSR count). The first-order valence-corrected chi connectivity index (χ1v) is 12.2. The summed E-state index contributed by atoms with van der Waals surface area (Å²) in [5.41, 5.74) is 0. The maximum atomic E-state index is 2.27. The van der Waals surface area contributed by atoms with E-state index in [0.717, 1.165) is 0 Å². The maximum absolute atomic E-state index is 2.27. The van der Waals surface area contributed by atoms with Gasteiger partial charge in [-0.2, -0.15) is 0 Å². The van der Waals surface area contributed by atoms with Crippen molar-refractivity contribution in [3.63, 3.8) is 0 Å². The first kappa shape index (κ1) is 25.3. The second-order valence-corrected chi connectivity index (χ2v) is 8.12. The lowest BCUT2D eigenvalue weighted by atomic mass is 10.1. The minimum absolute atomic E-state index is 1.17. The van der Waals surface area contributed by atoms with Crippen LogP contribution in [-0.4, -0.2) is 0 Å². The molecule has 0 aromatic carbocycles. The third-order valence-electron chi connectivity index (χ3n) is 5.34. The Hall–Kier alpha value is -1.70. The zero-order valence-corrected chi connectivity index (χ0v) is 19.3. The predicted octanol–water partition coefficient (Wildman–Crippen LogP) is 7.06. The summed E-state index contributed by atoms with van der Waals surface area (Å²) in [5, 5.41) is 0. The number of pyridine rings is 2. The second-order valence-electron chi connectivity index (χ2n) is 8.12. The van der Waals surface area contributed by atoms with Crippen LogP contribution in [0.5, 0.6) is 0 Å². The zero-order valence-electron chi connectivity index (χ0n) is 19.3. The minimum atomic E-state index is 1.17. The van der Waals surface area contributed by atoms with Gasteiger partial charge in [0.15, 0.2) is 24.8 Å². The minimum Gasteiger partial charge on any atom is -0.205 e. The van der Waals surface area contributed by atoms with E-state index in [0.29, 0.717) is 0 Å². The number of hydrogen-bond donors (Lipinski definition) is 0. The Kier molecular flexibility index (Phi) is 17.1. The summed E-state index contributed by atoms with van der Waals surface area (Å²) >= 11 is 0. The Morgan fingerprint density at radius 3 is 1.03 bits per heavy atom. The summed E-state index contributed by atoms with van der Waals surface area (Å²) in [4.78, 5) is 0. The molecule has 0 unspecified atom stereocenters. The molecule has 162 valence electrons. The van der Waals surface area contributed by atoms with Crippen molar-refractivity contribution >= 4 is 0 Å². The molecule has 0 aliphatic heterocycles. The van der Waals surface area contributed by atoms with Gasteiger partial charge in [-0.1, -0.05) is 83.8 Å². The molecule has 0 spiro atoms. The van der Waals surface area contributed by atoms with E-state index in [4.69, 9.17) is 0 Å². The van der Waals surface area contributed by atoms with Crippen LogP contribution in [-0.2, 0) is 13.1 Å². The summed E-state index contributed by atoms with van der Waals surface area (Å²) in [6.45, 7) is 6.88. The van der Waals surface area contributed by atoms with Crippen molar-refractivity contribution in [3.8, 4) is 0 Å². The first-order chi connectivity index (χ1) is 14.4. The smallest absolute Gasteiger partial charge is 0.168 e. The van der Waals surface area contributed by atoms with Crippen molar-refractivity contribution in [2.24, 2.45) is 0 Å².